The zero-order chi connectivity index (χ0) is 16.8. The van der Waals surface area contributed by atoms with Crippen LogP contribution in [0.5, 0.6) is 0 Å². The van der Waals surface area contributed by atoms with Crippen molar-refractivity contribution in [3.05, 3.63) is 29.3 Å². The number of nitrogens with zero attached hydrogens (tertiary/aromatic N) is 4. The number of carbonyl (C=O) groups excluding carboxylic acids is 1. The van der Waals surface area contributed by atoms with Crippen LogP contribution in [0, 0.1) is 26.7 Å². The standard InChI is InChI=1S/C17H21N5O2/c1-9-6-15(19-11(3)18-9)22-16(7-10(2)21-22)20-17(23)13-8-12-4-5-14(13)24-12/h6-7,12-14H,4-5,8H2,1-3H3,(H,20,23)/t12-,13+,14-/m1/s1. The Morgan fingerprint density at radius 3 is 2.71 bits per heavy atom. The van der Waals surface area contributed by atoms with E-state index in [2.05, 4.69) is 20.4 Å². The van der Waals surface area contributed by atoms with E-state index in [0.717, 1.165) is 30.7 Å². The van der Waals surface area contributed by atoms with E-state index in [1.807, 2.05) is 32.9 Å². The summed E-state index contributed by atoms with van der Waals surface area (Å²) in [5.74, 6) is 1.91. The molecular formula is C17H21N5O2. The number of hydrogen-bond donors (Lipinski definition) is 1. The van der Waals surface area contributed by atoms with E-state index in [-0.39, 0.29) is 24.0 Å². The molecule has 3 atom stereocenters. The largest absolute Gasteiger partial charge is 0.374 e. The highest BCUT2D eigenvalue weighted by Gasteiger charge is 2.44. The second-order valence-corrected chi connectivity index (χ2v) is 6.70. The summed E-state index contributed by atoms with van der Waals surface area (Å²) in [5.41, 5.74) is 1.69. The van der Waals surface area contributed by atoms with Gasteiger partial charge in [-0.2, -0.15) is 9.78 Å². The number of aryl methyl sites for hydroxylation is 3. The lowest BCUT2D eigenvalue weighted by Gasteiger charge is -2.18. The molecule has 2 aliphatic heterocycles. The Morgan fingerprint density at radius 2 is 2.04 bits per heavy atom. The van der Waals surface area contributed by atoms with E-state index in [1.165, 1.54) is 0 Å². The Hall–Kier alpha value is -2.28. The number of anilines is 1. The number of rotatable bonds is 3. The lowest BCUT2D eigenvalue weighted by atomic mass is 9.88. The van der Waals surface area contributed by atoms with Gasteiger partial charge in [0, 0.05) is 17.8 Å². The Kier molecular flexibility index (Phi) is 3.60. The maximum Gasteiger partial charge on any atom is 0.231 e. The van der Waals surface area contributed by atoms with Crippen LogP contribution in [0.25, 0.3) is 5.82 Å². The maximum atomic E-state index is 12.7. The third kappa shape index (κ3) is 2.69. The van der Waals surface area contributed by atoms with Crippen molar-refractivity contribution in [3.8, 4) is 5.82 Å². The minimum Gasteiger partial charge on any atom is -0.374 e. The fourth-order valence-corrected chi connectivity index (χ4v) is 3.70. The van der Waals surface area contributed by atoms with Gasteiger partial charge in [0.2, 0.25) is 5.91 Å². The SMILES string of the molecule is Cc1cc(-n2nc(C)cc2NC(=O)[C@H]2C[C@H]3CC[C@H]2O3)nc(C)n1. The molecule has 126 valence electrons. The third-order valence-electron chi connectivity index (χ3n) is 4.70. The second-order valence-electron chi connectivity index (χ2n) is 6.70. The summed E-state index contributed by atoms with van der Waals surface area (Å²) in [7, 11) is 0. The summed E-state index contributed by atoms with van der Waals surface area (Å²) in [6.07, 6.45) is 3.19. The lowest BCUT2D eigenvalue weighted by molar-refractivity contribution is -0.121. The molecule has 1 amide bonds. The number of nitrogens with one attached hydrogen (secondary N) is 1. The number of aromatic nitrogens is 4. The lowest BCUT2D eigenvalue weighted by Crippen LogP contribution is -2.31. The van der Waals surface area contributed by atoms with Crippen LogP contribution in [-0.2, 0) is 9.53 Å². The predicted molar refractivity (Wildman–Crippen MR) is 88.0 cm³/mol. The Bertz CT molecular complexity index is 780. The zero-order valence-electron chi connectivity index (χ0n) is 14.1. The van der Waals surface area contributed by atoms with Crippen LogP contribution in [0.1, 0.15) is 36.5 Å². The van der Waals surface area contributed by atoms with Crippen molar-refractivity contribution in [1.82, 2.24) is 19.7 Å². The molecule has 2 aromatic heterocycles. The number of fused-ring (bicyclic) bond motifs is 2. The normalized spacial score (nSPS) is 25.2. The van der Waals surface area contributed by atoms with Gasteiger partial charge in [-0.3, -0.25) is 4.79 Å². The first kappa shape index (κ1) is 15.3. The van der Waals surface area contributed by atoms with Crippen molar-refractivity contribution in [2.45, 2.75) is 52.2 Å². The van der Waals surface area contributed by atoms with Crippen LogP contribution >= 0.6 is 0 Å². The van der Waals surface area contributed by atoms with Gasteiger partial charge in [0.05, 0.1) is 23.8 Å². The number of ether oxygens (including phenoxy) is 1. The minimum atomic E-state index is -0.0683. The van der Waals surface area contributed by atoms with E-state index < -0.39 is 0 Å². The summed E-state index contributed by atoms with van der Waals surface area (Å²) < 4.78 is 7.46. The Morgan fingerprint density at radius 1 is 1.21 bits per heavy atom. The van der Waals surface area contributed by atoms with Crippen LogP contribution < -0.4 is 5.32 Å². The molecule has 1 N–H and O–H groups in total. The summed E-state index contributed by atoms with van der Waals surface area (Å²) >= 11 is 0. The van der Waals surface area contributed by atoms with Crippen molar-refractivity contribution in [2.24, 2.45) is 5.92 Å². The Balaban J connectivity index is 1.61. The topological polar surface area (TPSA) is 81.9 Å². The van der Waals surface area contributed by atoms with E-state index >= 15 is 0 Å². The van der Waals surface area contributed by atoms with Crippen LogP contribution in [0.15, 0.2) is 12.1 Å². The summed E-state index contributed by atoms with van der Waals surface area (Å²) in [6.45, 7) is 5.66. The quantitative estimate of drug-likeness (QED) is 0.933. The third-order valence-corrected chi connectivity index (χ3v) is 4.70. The first-order valence-electron chi connectivity index (χ1n) is 8.35. The monoisotopic (exact) mass is 327 g/mol. The molecule has 0 saturated carbocycles. The van der Waals surface area contributed by atoms with E-state index in [0.29, 0.717) is 17.5 Å². The van der Waals surface area contributed by atoms with E-state index in [9.17, 15) is 4.79 Å². The first-order valence-corrected chi connectivity index (χ1v) is 8.35. The van der Waals surface area contributed by atoms with Gasteiger partial charge in [0.1, 0.15) is 11.6 Å². The van der Waals surface area contributed by atoms with E-state index in [1.54, 1.807) is 4.68 Å². The highest BCUT2D eigenvalue weighted by molar-refractivity contribution is 5.92. The number of hydrogen-bond acceptors (Lipinski definition) is 5. The summed E-state index contributed by atoms with van der Waals surface area (Å²) in [5, 5.41) is 7.49. The fraction of sp³-hybridized carbons (Fsp3) is 0.529. The zero-order valence-corrected chi connectivity index (χ0v) is 14.1. The molecule has 24 heavy (non-hydrogen) atoms. The molecule has 2 saturated heterocycles. The molecule has 2 fully saturated rings. The molecule has 0 aromatic carbocycles. The molecule has 2 aromatic rings. The molecule has 0 radical (unpaired) electrons. The first-order chi connectivity index (χ1) is 11.5. The average Bonchev–Trinajstić information content (AvgIpc) is 3.21. The number of carbonyl (C=O) groups is 1. The number of amides is 1. The van der Waals surface area contributed by atoms with Crippen LogP contribution in [0.3, 0.4) is 0 Å². The van der Waals surface area contributed by atoms with E-state index in [4.69, 9.17) is 4.74 Å². The molecule has 4 rings (SSSR count). The second kappa shape index (κ2) is 5.66. The highest BCUT2D eigenvalue weighted by Crippen LogP contribution is 2.39. The van der Waals surface area contributed by atoms with Gasteiger partial charge in [0.15, 0.2) is 5.82 Å². The molecule has 7 nitrogen and oxygen atoms in total. The van der Waals surface area contributed by atoms with Gasteiger partial charge in [-0.25, -0.2) is 9.97 Å². The highest BCUT2D eigenvalue weighted by atomic mass is 16.5. The average molecular weight is 327 g/mol. The van der Waals surface area contributed by atoms with Crippen molar-refractivity contribution in [2.75, 3.05) is 5.32 Å². The molecule has 2 bridgehead atoms. The predicted octanol–water partition coefficient (Wildman–Crippen LogP) is 2.09. The van der Waals surface area contributed by atoms with Crippen LogP contribution in [0.4, 0.5) is 5.82 Å². The molecule has 4 heterocycles. The van der Waals surface area contributed by atoms with Gasteiger partial charge < -0.3 is 10.1 Å². The van der Waals surface area contributed by atoms with Gasteiger partial charge in [-0.05, 0) is 40.0 Å². The van der Waals surface area contributed by atoms with Gasteiger partial charge >= 0.3 is 0 Å². The molecule has 7 heteroatoms. The summed E-state index contributed by atoms with van der Waals surface area (Å²) in [6, 6.07) is 3.72. The molecular weight excluding hydrogens is 306 g/mol. The summed E-state index contributed by atoms with van der Waals surface area (Å²) in [4.78, 5) is 21.4. The van der Waals surface area contributed by atoms with Gasteiger partial charge in [-0.15, -0.1) is 0 Å². The minimum absolute atomic E-state index is 0.00542. The smallest absolute Gasteiger partial charge is 0.231 e. The Labute approximate surface area is 140 Å². The van der Waals surface area contributed by atoms with Crippen molar-refractivity contribution >= 4 is 11.7 Å². The molecule has 0 spiro atoms. The van der Waals surface area contributed by atoms with Crippen molar-refractivity contribution < 1.29 is 9.53 Å². The molecule has 0 aliphatic carbocycles. The van der Waals surface area contributed by atoms with Gasteiger partial charge in [-0.1, -0.05) is 0 Å². The van der Waals surface area contributed by atoms with Crippen LogP contribution in [0.2, 0.25) is 0 Å². The fourth-order valence-electron chi connectivity index (χ4n) is 3.70. The van der Waals surface area contributed by atoms with Crippen LogP contribution in [-0.4, -0.2) is 37.9 Å². The molecule has 0 unspecified atom stereocenters. The maximum absolute atomic E-state index is 12.7. The van der Waals surface area contributed by atoms with Crippen molar-refractivity contribution in [1.29, 1.82) is 0 Å². The molecule has 2 aliphatic rings. The van der Waals surface area contributed by atoms with Crippen molar-refractivity contribution in [3.63, 3.8) is 0 Å². The van der Waals surface area contributed by atoms with Gasteiger partial charge in [0.25, 0.3) is 0 Å².